The van der Waals surface area contributed by atoms with Gasteiger partial charge in [0.15, 0.2) is 17.1 Å². The van der Waals surface area contributed by atoms with Crippen LogP contribution in [0.3, 0.4) is 0 Å². The maximum absolute atomic E-state index is 11.0. The van der Waals surface area contributed by atoms with Crippen molar-refractivity contribution in [3.63, 3.8) is 0 Å². The number of carboxylic acid groups (broad SMARTS) is 1. The molecule has 158 valence electrons. The molecule has 0 saturated heterocycles. The van der Waals surface area contributed by atoms with Crippen LogP contribution in [0.25, 0.3) is 22.7 Å². The number of fused-ring (bicyclic) bond motifs is 1. The summed E-state index contributed by atoms with van der Waals surface area (Å²) >= 11 is 0. The lowest BCUT2D eigenvalue weighted by atomic mass is 10.1. The first-order valence-electron chi connectivity index (χ1n) is 9.68. The Morgan fingerprint density at radius 3 is 2.59 bits per heavy atom. The Kier molecular flexibility index (Phi) is 5.86. The summed E-state index contributed by atoms with van der Waals surface area (Å²) < 4.78 is 17.0. The molecule has 4 rings (SSSR count). The van der Waals surface area contributed by atoms with Gasteiger partial charge >= 0.3 is 5.97 Å². The first-order valence-corrected chi connectivity index (χ1v) is 9.68. The number of benzene rings is 3. The molecule has 1 aromatic heterocycles. The topological polar surface area (TPSA) is 106 Å². The van der Waals surface area contributed by atoms with Gasteiger partial charge in [-0.3, -0.25) is 0 Å². The molecule has 7 heteroatoms. The van der Waals surface area contributed by atoms with Crippen molar-refractivity contribution in [1.29, 1.82) is 5.26 Å². The molecule has 3 aromatic carbocycles. The van der Waals surface area contributed by atoms with Crippen LogP contribution >= 0.6 is 0 Å². The van der Waals surface area contributed by atoms with Crippen LogP contribution in [0.1, 0.15) is 27.4 Å². The summed E-state index contributed by atoms with van der Waals surface area (Å²) in [5.41, 5.74) is 3.34. The number of rotatable bonds is 7. The standard InChI is InChI=1S/C25H18N2O5/c1-30-23-13-17(12-19(14-26)24-27-20-4-2-3-5-21(20)32-24)8-11-22(23)31-15-16-6-9-18(10-7-16)25(28)29/h2-13H,15H2,1H3,(H,28,29)/b19-12+. The highest BCUT2D eigenvalue weighted by Crippen LogP contribution is 2.31. The van der Waals surface area contributed by atoms with Gasteiger partial charge in [-0.1, -0.05) is 30.3 Å². The van der Waals surface area contributed by atoms with Crippen LogP contribution in [-0.2, 0) is 6.61 Å². The molecule has 0 unspecified atom stereocenters. The Balaban J connectivity index is 1.54. The quantitative estimate of drug-likeness (QED) is 0.406. The molecular formula is C25H18N2O5. The summed E-state index contributed by atoms with van der Waals surface area (Å²) in [6.45, 7) is 0.248. The summed E-state index contributed by atoms with van der Waals surface area (Å²) in [6, 6.07) is 21.2. The predicted molar refractivity (Wildman–Crippen MR) is 118 cm³/mol. The van der Waals surface area contributed by atoms with E-state index >= 15 is 0 Å². The Morgan fingerprint density at radius 2 is 1.91 bits per heavy atom. The fourth-order valence-electron chi connectivity index (χ4n) is 3.09. The Hall–Kier alpha value is -4.57. The van der Waals surface area contributed by atoms with Crippen molar-refractivity contribution in [1.82, 2.24) is 4.98 Å². The Bertz CT molecular complexity index is 1310. The molecule has 0 amide bonds. The molecule has 7 nitrogen and oxygen atoms in total. The lowest BCUT2D eigenvalue weighted by Gasteiger charge is -2.11. The van der Waals surface area contributed by atoms with Gasteiger partial charge in [0.25, 0.3) is 0 Å². The van der Waals surface area contributed by atoms with Crippen LogP contribution in [-0.4, -0.2) is 23.2 Å². The number of para-hydroxylation sites is 2. The van der Waals surface area contributed by atoms with Gasteiger partial charge in [0.1, 0.15) is 23.8 Å². The van der Waals surface area contributed by atoms with Gasteiger partial charge in [0.2, 0.25) is 5.89 Å². The second-order valence-corrected chi connectivity index (χ2v) is 6.86. The van der Waals surface area contributed by atoms with Crippen molar-refractivity contribution in [3.8, 4) is 17.6 Å². The van der Waals surface area contributed by atoms with E-state index in [0.717, 1.165) is 11.1 Å². The van der Waals surface area contributed by atoms with Crippen molar-refractivity contribution >= 4 is 28.7 Å². The van der Waals surface area contributed by atoms with E-state index in [1.807, 2.05) is 18.2 Å². The molecule has 0 aliphatic rings. The van der Waals surface area contributed by atoms with Crippen molar-refractivity contribution in [2.24, 2.45) is 0 Å². The molecule has 0 fully saturated rings. The minimum Gasteiger partial charge on any atom is -0.493 e. The van der Waals surface area contributed by atoms with Crippen molar-refractivity contribution in [2.45, 2.75) is 6.61 Å². The number of oxazole rings is 1. The van der Waals surface area contributed by atoms with Gasteiger partial charge in [-0.05, 0) is 53.6 Å². The van der Waals surface area contributed by atoms with Gasteiger partial charge in [-0.2, -0.15) is 5.26 Å². The second kappa shape index (κ2) is 9.06. The summed E-state index contributed by atoms with van der Waals surface area (Å²) in [5, 5.41) is 18.6. The van der Waals surface area contributed by atoms with Gasteiger partial charge in [-0.15, -0.1) is 0 Å². The van der Waals surface area contributed by atoms with E-state index in [4.69, 9.17) is 19.0 Å². The van der Waals surface area contributed by atoms with Crippen LogP contribution in [0.2, 0.25) is 0 Å². The van der Waals surface area contributed by atoms with Crippen molar-refractivity contribution < 1.29 is 23.8 Å². The zero-order valence-corrected chi connectivity index (χ0v) is 17.1. The maximum atomic E-state index is 11.0. The normalized spacial score (nSPS) is 11.2. The van der Waals surface area contributed by atoms with E-state index in [1.54, 1.807) is 42.5 Å². The number of nitriles is 1. The second-order valence-electron chi connectivity index (χ2n) is 6.86. The molecule has 1 N–H and O–H groups in total. The third-order valence-corrected chi connectivity index (χ3v) is 4.74. The number of allylic oxidation sites excluding steroid dienone is 1. The SMILES string of the molecule is COc1cc(/C=C(\C#N)c2nc3ccccc3o2)ccc1OCc1ccc(C(=O)O)cc1. The molecule has 0 spiro atoms. The fraction of sp³-hybridized carbons (Fsp3) is 0.0800. The summed E-state index contributed by atoms with van der Waals surface area (Å²) in [7, 11) is 1.53. The third-order valence-electron chi connectivity index (χ3n) is 4.74. The number of nitrogens with zero attached hydrogens (tertiary/aromatic N) is 2. The molecule has 1 heterocycles. The lowest BCUT2D eigenvalue weighted by molar-refractivity contribution is 0.0697. The number of ether oxygens (including phenoxy) is 2. The fourth-order valence-corrected chi connectivity index (χ4v) is 3.09. The number of carboxylic acids is 1. The van der Waals surface area contributed by atoms with E-state index in [-0.39, 0.29) is 23.6 Å². The molecule has 4 aromatic rings. The molecular weight excluding hydrogens is 408 g/mol. The first-order chi connectivity index (χ1) is 15.6. The third kappa shape index (κ3) is 4.45. The number of carbonyl (C=O) groups is 1. The van der Waals surface area contributed by atoms with E-state index < -0.39 is 5.97 Å². The first kappa shape index (κ1) is 20.7. The largest absolute Gasteiger partial charge is 0.493 e. The van der Waals surface area contributed by atoms with Crippen molar-refractivity contribution in [2.75, 3.05) is 7.11 Å². The van der Waals surface area contributed by atoms with Crippen LogP contribution in [0.4, 0.5) is 0 Å². The molecule has 0 radical (unpaired) electrons. The summed E-state index contributed by atoms with van der Waals surface area (Å²) in [4.78, 5) is 15.3. The van der Waals surface area contributed by atoms with E-state index in [0.29, 0.717) is 22.6 Å². The minimum atomic E-state index is -0.975. The highest BCUT2D eigenvalue weighted by atomic mass is 16.5. The molecule has 0 saturated carbocycles. The van der Waals surface area contributed by atoms with E-state index in [2.05, 4.69) is 11.1 Å². The average Bonchev–Trinajstić information content (AvgIpc) is 3.25. The highest BCUT2D eigenvalue weighted by molar-refractivity contribution is 5.89. The van der Waals surface area contributed by atoms with Crippen molar-refractivity contribution in [3.05, 3.63) is 89.3 Å². The number of hydrogen-bond donors (Lipinski definition) is 1. The van der Waals surface area contributed by atoms with Crippen LogP contribution < -0.4 is 9.47 Å². The zero-order valence-electron chi connectivity index (χ0n) is 17.1. The monoisotopic (exact) mass is 426 g/mol. The molecule has 0 aliphatic heterocycles. The molecule has 32 heavy (non-hydrogen) atoms. The predicted octanol–water partition coefficient (Wildman–Crippen LogP) is 5.18. The smallest absolute Gasteiger partial charge is 0.335 e. The number of aromatic nitrogens is 1. The number of aromatic carboxylic acids is 1. The minimum absolute atomic E-state index is 0.217. The number of hydrogen-bond acceptors (Lipinski definition) is 6. The lowest BCUT2D eigenvalue weighted by Crippen LogP contribution is -2.00. The Labute approximate surface area is 183 Å². The van der Waals surface area contributed by atoms with Gasteiger partial charge in [-0.25, -0.2) is 9.78 Å². The summed E-state index contributed by atoms with van der Waals surface area (Å²) in [6.07, 6.45) is 1.67. The molecule has 0 atom stereocenters. The van der Waals surface area contributed by atoms with E-state index in [9.17, 15) is 10.1 Å². The van der Waals surface area contributed by atoms with Crippen LogP contribution in [0.15, 0.2) is 71.1 Å². The van der Waals surface area contributed by atoms with Gasteiger partial charge < -0.3 is 19.0 Å². The van der Waals surface area contributed by atoms with Gasteiger partial charge in [0, 0.05) is 0 Å². The average molecular weight is 426 g/mol. The Morgan fingerprint density at radius 1 is 1.12 bits per heavy atom. The molecule has 0 bridgehead atoms. The number of methoxy groups -OCH3 is 1. The zero-order chi connectivity index (χ0) is 22.5. The van der Waals surface area contributed by atoms with Gasteiger partial charge in [0.05, 0.1) is 12.7 Å². The van der Waals surface area contributed by atoms with Crippen LogP contribution in [0, 0.1) is 11.3 Å². The maximum Gasteiger partial charge on any atom is 0.335 e. The van der Waals surface area contributed by atoms with Crippen LogP contribution in [0.5, 0.6) is 11.5 Å². The molecule has 0 aliphatic carbocycles. The highest BCUT2D eigenvalue weighted by Gasteiger charge is 2.12. The van der Waals surface area contributed by atoms with E-state index in [1.165, 1.54) is 19.2 Å². The summed E-state index contributed by atoms with van der Waals surface area (Å²) in [5.74, 6) is 0.290.